The molecule has 1 aromatic rings. The minimum atomic E-state index is 0.731. The quantitative estimate of drug-likeness (QED) is 0.735. The molecule has 0 bridgehead atoms. The second-order valence-electron chi connectivity index (χ2n) is 5.33. The van der Waals surface area contributed by atoms with E-state index in [1.165, 1.54) is 37.9 Å². The van der Waals surface area contributed by atoms with Crippen molar-refractivity contribution in [1.29, 1.82) is 0 Å². The third-order valence-corrected chi connectivity index (χ3v) is 4.76. The molecule has 1 heterocycles. The lowest BCUT2D eigenvalue weighted by Crippen LogP contribution is -2.29. The molecule has 0 fully saturated rings. The van der Waals surface area contributed by atoms with E-state index in [9.17, 15) is 0 Å². The molecule has 1 nitrogen and oxygen atoms in total. The fourth-order valence-corrected chi connectivity index (χ4v) is 3.75. The van der Waals surface area contributed by atoms with Crippen molar-refractivity contribution in [1.82, 2.24) is 4.90 Å². The maximum atomic E-state index is 6.41. The standard InChI is InChI=1S/C15H20ClN/c1-2-17-9-8-13-14(16)7-6-11-4-3-5-12(10-17)15(11)13/h6-7,12H,2-5,8-10H2,1H3/t12-/m0/s1. The zero-order valence-corrected chi connectivity index (χ0v) is 11.3. The third-order valence-electron chi connectivity index (χ3n) is 4.40. The lowest BCUT2D eigenvalue weighted by atomic mass is 9.80. The molecule has 1 atom stereocenters. The van der Waals surface area contributed by atoms with Crippen LogP contribution in [0, 0.1) is 0 Å². The highest BCUT2D eigenvalue weighted by atomic mass is 35.5. The molecule has 1 aliphatic carbocycles. The number of benzene rings is 1. The molecule has 0 amide bonds. The highest BCUT2D eigenvalue weighted by molar-refractivity contribution is 6.31. The summed E-state index contributed by atoms with van der Waals surface area (Å²) in [6.07, 6.45) is 5.07. The number of likely N-dealkylation sites (N-methyl/N-ethyl adjacent to an activating group) is 1. The fraction of sp³-hybridized carbons (Fsp3) is 0.600. The smallest absolute Gasteiger partial charge is 0.0441 e. The summed E-state index contributed by atoms with van der Waals surface area (Å²) in [7, 11) is 0. The maximum Gasteiger partial charge on any atom is 0.0441 e. The monoisotopic (exact) mass is 249 g/mol. The van der Waals surface area contributed by atoms with Gasteiger partial charge in [0.25, 0.3) is 0 Å². The maximum absolute atomic E-state index is 6.41. The van der Waals surface area contributed by atoms with Crippen molar-refractivity contribution in [3.63, 3.8) is 0 Å². The Morgan fingerprint density at radius 1 is 1.35 bits per heavy atom. The average Bonchev–Trinajstić information content (AvgIpc) is 2.55. The van der Waals surface area contributed by atoms with Crippen LogP contribution in [0.25, 0.3) is 0 Å². The number of aryl methyl sites for hydroxylation is 1. The first kappa shape index (κ1) is 11.6. The van der Waals surface area contributed by atoms with Gasteiger partial charge in [-0.3, -0.25) is 0 Å². The Labute approximate surface area is 109 Å². The van der Waals surface area contributed by atoms with E-state index in [4.69, 9.17) is 11.6 Å². The van der Waals surface area contributed by atoms with Gasteiger partial charge in [0.2, 0.25) is 0 Å². The third kappa shape index (κ3) is 2.00. The van der Waals surface area contributed by atoms with Crippen molar-refractivity contribution in [3.05, 3.63) is 33.8 Å². The average molecular weight is 250 g/mol. The Morgan fingerprint density at radius 2 is 2.24 bits per heavy atom. The summed E-state index contributed by atoms with van der Waals surface area (Å²) in [5.41, 5.74) is 4.63. The molecule has 0 saturated carbocycles. The largest absolute Gasteiger partial charge is 0.303 e. The van der Waals surface area contributed by atoms with Gasteiger partial charge < -0.3 is 4.90 Å². The van der Waals surface area contributed by atoms with Crippen molar-refractivity contribution >= 4 is 11.6 Å². The van der Waals surface area contributed by atoms with Crippen molar-refractivity contribution < 1.29 is 0 Å². The molecule has 1 aliphatic heterocycles. The molecule has 0 aromatic heterocycles. The van der Waals surface area contributed by atoms with Crippen LogP contribution in [0.5, 0.6) is 0 Å². The van der Waals surface area contributed by atoms with Gasteiger partial charge in [0, 0.05) is 18.1 Å². The van der Waals surface area contributed by atoms with Crippen LogP contribution in [-0.2, 0) is 12.8 Å². The highest BCUT2D eigenvalue weighted by Gasteiger charge is 2.28. The van der Waals surface area contributed by atoms with E-state index in [1.807, 2.05) is 0 Å². The van der Waals surface area contributed by atoms with Crippen LogP contribution in [0.1, 0.15) is 42.4 Å². The van der Waals surface area contributed by atoms with Gasteiger partial charge in [-0.1, -0.05) is 24.6 Å². The SMILES string of the molecule is CCN1CCc2c(Cl)ccc3c2[C@@H](CCC3)C1. The summed E-state index contributed by atoms with van der Waals surface area (Å²) in [5, 5.41) is 0.994. The number of hydrogen-bond donors (Lipinski definition) is 0. The Kier molecular flexibility index (Phi) is 3.14. The van der Waals surface area contributed by atoms with Gasteiger partial charge in [-0.05, 0) is 60.9 Å². The number of halogens is 1. The molecule has 0 spiro atoms. The van der Waals surface area contributed by atoms with E-state index in [-0.39, 0.29) is 0 Å². The van der Waals surface area contributed by atoms with Crippen LogP contribution < -0.4 is 0 Å². The van der Waals surface area contributed by atoms with Crippen molar-refractivity contribution in [2.45, 2.75) is 38.5 Å². The molecular formula is C15H20ClN. The van der Waals surface area contributed by atoms with E-state index in [2.05, 4.69) is 24.0 Å². The van der Waals surface area contributed by atoms with Gasteiger partial charge in [0.05, 0.1) is 0 Å². The Bertz CT molecular complexity index is 427. The minimum absolute atomic E-state index is 0.731. The summed E-state index contributed by atoms with van der Waals surface area (Å²) in [6.45, 7) is 5.83. The van der Waals surface area contributed by atoms with E-state index >= 15 is 0 Å². The number of hydrogen-bond acceptors (Lipinski definition) is 1. The van der Waals surface area contributed by atoms with E-state index in [0.29, 0.717) is 0 Å². The van der Waals surface area contributed by atoms with Crippen LogP contribution in [0.3, 0.4) is 0 Å². The Balaban J connectivity index is 2.07. The zero-order valence-electron chi connectivity index (χ0n) is 10.5. The summed E-state index contributed by atoms with van der Waals surface area (Å²) in [5.74, 6) is 0.731. The zero-order chi connectivity index (χ0) is 11.8. The molecular weight excluding hydrogens is 230 g/mol. The molecule has 3 rings (SSSR count). The lowest BCUT2D eigenvalue weighted by molar-refractivity contribution is 0.273. The topological polar surface area (TPSA) is 3.24 Å². The summed E-state index contributed by atoms with van der Waals surface area (Å²) < 4.78 is 0. The van der Waals surface area contributed by atoms with Gasteiger partial charge >= 0.3 is 0 Å². The first-order valence-electron chi connectivity index (χ1n) is 6.82. The number of nitrogens with zero attached hydrogens (tertiary/aromatic N) is 1. The van der Waals surface area contributed by atoms with E-state index in [0.717, 1.165) is 23.9 Å². The summed E-state index contributed by atoms with van der Waals surface area (Å²) in [6, 6.07) is 4.37. The van der Waals surface area contributed by atoms with Gasteiger partial charge in [-0.2, -0.15) is 0 Å². The Morgan fingerprint density at radius 3 is 3.06 bits per heavy atom. The molecule has 92 valence electrons. The van der Waals surface area contributed by atoms with Crippen LogP contribution in [0.15, 0.2) is 12.1 Å². The fourth-order valence-electron chi connectivity index (χ4n) is 3.49. The van der Waals surface area contributed by atoms with Gasteiger partial charge in [0.1, 0.15) is 0 Å². The molecule has 17 heavy (non-hydrogen) atoms. The second-order valence-corrected chi connectivity index (χ2v) is 5.74. The molecule has 1 aromatic carbocycles. The van der Waals surface area contributed by atoms with Crippen LogP contribution in [0.2, 0.25) is 5.02 Å². The first-order chi connectivity index (χ1) is 8.29. The first-order valence-corrected chi connectivity index (χ1v) is 7.20. The van der Waals surface area contributed by atoms with E-state index in [1.54, 1.807) is 11.1 Å². The minimum Gasteiger partial charge on any atom is -0.303 e. The second kappa shape index (κ2) is 4.62. The Hall–Kier alpha value is -0.530. The number of rotatable bonds is 1. The summed E-state index contributed by atoms with van der Waals surface area (Å²) in [4.78, 5) is 2.58. The van der Waals surface area contributed by atoms with Crippen LogP contribution in [-0.4, -0.2) is 24.5 Å². The predicted octanol–water partition coefficient (Wildman–Crippen LogP) is 3.64. The molecule has 2 heteroatoms. The lowest BCUT2D eigenvalue weighted by Gasteiger charge is -2.29. The molecule has 0 unspecified atom stereocenters. The summed E-state index contributed by atoms with van der Waals surface area (Å²) >= 11 is 6.41. The van der Waals surface area contributed by atoms with Crippen molar-refractivity contribution in [2.24, 2.45) is 0 Å². The van der Waals surface area contributed by atoms with Crippen molar-refractivity contribution in [2.75, 3.05) is 19.6 Å². The molecule has 2 aliphatic rings. The van der Waals surface area contributed by atoms with Gasteiger partial charge in [0.15, 0.2) is 0 Å². The van der Waals surface area contributed by atoms with E-state index < -0.39 is 0 Å². The molecule has 0 radical (unpaired) electrons. The van der Waals surface area contributed by atoms with Crippen molar-refractivity contribution in [3.8, 4) is 0 Å². The van der Waals surface area contributed by atoms with Gasteiger partial charge in [-0.25, -0.2) is 0 Å². The predicted molar refractivity (Wildman–Crippen MR) is 72.9 cm³/mol. The molecule has 0 saturated heterocycles. The van der Waals surface area contributed by atoms with Crippen LogP contribution in [0.4, 0.5) is 0 Å². The normalized spacial score (nSPS) is 24.2. The molecule has 0 N–H and O–H groups in total. The van der Waals surface area contributed by atoms with Gasteiger partial charge in [-0.15, -0.1) is 0 Å². The van der Waals surface area contributed by atoms with Crippen LogP contribution >= 0.6 is 11.6 Å². The highest BCUT2D eigenvalue weighted by Crippen LogP contribution is 2.39.